The number of fused-ring (bicyclic) bond motifs is 1. The van der Waals surface area contributed by atoms with E-state index >= 15 is 0 Å². The average molecular weight is 250 g/mol. The van der Waals surface area contributed by atoms with Crippen molar-refractivity contribution in [3.8, 4) is 0 Å². The number of carbonyl (C=O) groups excluding carboxylic acids is 1. The van der Waals surface area contributed by atoms with Crippen molar-refractivity contribution in [3.05, 3.63) is 60.7 Å². The van der Waals surface area contributed by atoms with Crippen LogP contribution in [0.25, 0.3) is 10.9 Å². The molecular formula is C14H10N4O. The minimum absolute atomic E-state index is 0.275. The Morgan fingerprint density at radius 1 is 1.00 bits per heavy atom. The van der Waals surface area contributed by atoms with Crippen LogP contribution in [0.15, 0.2) is 55.1 Å². The molecule has 0 saturated carbocycles. The van der Waals surface area contributed by atoms with E-state index in [0.717, 1.165) is 10.9 Å². The summed E-state index contributed by atoms with van der Waals surface area (Å²) >= 11 is 0. The molecule has 0 radical (unpaired) electrons. The molecule has 0 saturated heterocycles. The smallest absolute Gasteiger partial charge is 0.259 e. The molecule has 92 valence electrons. The molecule has 0 aliphatic carbocycles. The Bertz CT molecular complexity index is 728. The molecule has 5 nitrogen and oxygen atoms in total. The topological polar surface area (TPSA) is 67.8 Å². The summed E-state index contributed by atoms with van der Waals surface area (Å²) in [6.07, 6.45) is 4.30. The molecule has 0 fully saturated rings. The number of amides is 1. The summed E-state index contributed by atoms with van der Waals surface area (Å²) in [5, 5.41) is 3.75. The monoisotopic (exact) mass is 250 g/mol. The highest BCUT2D eigenvalue weighted by molar-refractivity contribution is 6.03. The molecule has 19 heavy (non-hydrogen) atoms. The Morgan fingerprint density at radius 3 is 2.63 bits per heavy atom. The van der Waals surface area contributed by atoms with Crippen molar-refractivity contribution in [2.24, 2.45) is 0 Å². The standard InChI is InChI=1S/C14H10N4O/c19-14(11-7-15-9-16-8-11)18-13-6-5-10-3-1-2-4-12(10)17-13/h1-9H,(H,17,18,19). The summed E-state index contributed by atoms with van der Waals surface area (Å²) in [7, 11) is 0. The Balaban J connectivity index is 1.87. The zero-order valence-electron chi connectivity index (χ0n) is 9.95. The van der Waals surface area contributed by atoms with Gasteiger partial charge in [0.15, 0.2) is 0 Å². The van der Waals surface area contributed by atoms with Crippen molar-refractivity contribution in [3.63, 3.8) is 0 Å². The molecular weight excluding hydrogens is 240 g/mol. The number of benzene rings is 1. The quantitative estimate of drug-likeness (QED) is 0.757. The number of rotatable bonds is 2. The van der Waals surface area contributed by atoms with Crippen LogP contribution >= 0.6 is 0 Å². The Kier molecular flexibility index (Phi) is 2.86. The van der Waals surface area contributed by atoms with Crippen LogP contribution in [0.2, 0.25) is 0 Å². The van der Waals surface area contributed by atoms with E-state index in [2.05, 4.69) is 20.3 Å². The molecule has 1 aromatic carbocycles. The third-order valence-corrected chi connectivity index (χ3v) is 2.66. The lowest BCUT2D eigenvalue weighted by atomic mass is 10.2. The molecule has 3 rings (SSSR count). The van der Waals surface area contributed by atoms with Gasteiger partial charge in [0.05, 0.1) is 11.1 Å². The maximum absolute atomic E-state index is 11.9. The number of pyridine rings is 1. The second-order valence-electron chi connectivity index (χ2n) is 3.97. The van der Waals surface area contributed by atoms with Crippen LogP contribution in [-0.2, 0) is 0 Å². The third kappa shape index (κ3) is 2.40. The zero-order valence-corrected chi connectivity index (χ0v) is 9.95. The van der Waals surface area contributed by atoms with Gasteiger partial charge in [0.2, 0.25) is 0 Å². The molecule has 5 heteroatoms. The minimum Gasteiger partial charge on any atom is -0.306 e. The molecule has 2 aromatic heterocycles. The number of aromatic nitrogens is 3. The summed E-state index contributed by atoms with van der Waals surface area (Å²) < 4.78 is 0. The van der Waals surface area contributed by atoms with Gasteiger partial charge in [-0.3, -0.25) is 4.79 Å². The van der Waals surface area contributed by atoms with E-state index < -0.39 is 0 Å². The molecule has 3 aromatic rings. The van der Waals surface area contributed by atoms with Gasteiger partial charge in [-0.2, -0.15) is 0 Å². The molecule has 1 N–H and O–H groups in total. The summed E-state index contributed by atoms with van der Waals surface area (Å²) in [5.41, 5.74) is 1.24. The first kappa shape index (κ1) is 11.3. The lowest BCUT2D eigenvalue weighted by Gasteiger charge is -2.05. The Morgan fingerprint density at radius 2 is 1.79 bits per heavy atom. The van der Waals surface area contributed by atoms with Gasteiger partial charge >= 0.3 is 0 Å². The van der Waals surface area contributed by atoms with Crippen LogP contribution in [0.4, 0.5) is 5.82 Å². The van der Waals surface area contributed by atoms with Crippen molar-refractivity contribution in [1.82, 2.24) is 15.0 Å². The van der Waals surface area contributed by atoms with E-state index in [-0.39, 0.29) is 5.91 Å². The first-order valence-corrected chi connectivity index (χ1v) is 5.75. The highest BCUT2D eigenvalue weighted by atomic mass is 16.1. The van der Waals surface area contributed by atoms with Crippen LogP contribution in [-0.4, -0.2) is 20.9 Å². The largest absolute Gasteiger partial charge is 0.306 e. The molecule has 0 unspecified atom stereocenters. The van der Waals surface area contributed by atoms with Crippen LogP contribution in [0, 0.1) is 0 Å². The molecule has 2 heterocycles. The highest BCUT2D eigenvalue weighted by Gasteiger charge is 2.07. The predicted octanol–water partition coefficient (Wildman–Crippen LogP) is 2.28. The summed E-state index contributed by atoms with van der Waals surface area (Å²) in [5.74, 6) is 0.232. The van der Waals surface area contributed by atoms with Crippen molar-refractivity contribution in [1.29, 1.82) is 0 Å². The van der Waals surface area contributed by atoms with Crippen LogP contribution in [0.3, 0.4) is 0 Å². The number of nitrogens with one attached hydrogen (secondary N) is 1. The predicted molar refractivity (Wildman–Crippen MR) is 71.7 cm³/mol. The Hall–Kier alpha value is -2.82. The van der Waals surface area contributed by atoms with E-state index in [9.17, 15) is 4.79 Å². The van der Waals surface area contributed by atoms with E-state index in [1.54, 1.807) is 6.07 Å². The summed E-state index contributed by atoms with van der Waals surface area (Å²) in [6, 6.07) is 11.4. The van der Waals surface area contributed by atoms with Gasteiger partial charge in [0, 0.05) is 17.8 Å². The summed E-state index contributed by atoms with van der Waals surface area (Å²) in [4.78, 5) is 23.9. The van der Waals surface area contributed by atoms with Crippen LogP contribution < -0.4 is 5.32 Å². The lowest BCUT2D eigenvalue weighted by molar-refractivity contribution is 0.102. The van der Waals surface area contributed by atoms with Gasteiger partial charge in [-0.05, 0) is 18.2 Å². The second kappa shape index (κ2) is 4.81. The van der Waals surface area contributed by atoms with Gasteiger partial charge in [-0.25, -0.2) is 15.0 Å². The molecule has 0 aliphatic heterocycles. The van der Waals surface area contributed by atoms with Gasteiger partial charge in [0.1, 0.15) is 12.1 Å². The number of nitrogens with zero attached hydrogens (tertiary/aromatic N) is 3. The fraction of sp³-hybridized carbons (Fsp3) is 0. The zero-order chi connectivity index (χ0) is 13.1. The lowest BCUT2D eigenvalue weighted by Crippen LogP contribution is -2.13. The Labute approximate surface area is 109 Å². The second-order valence-corrected chi connectivity index (χ2v) is 3.97. The van der Waals surface area contributed by atoms with Crippen molar-refractivity contribution >= 4 is 22.6 Å². The fourth-order valence-corrected chi connectivity index (χ4v) is 1.74. The van der Waals surface area contributed by atoms with Gasteiger partial charge in [-0.15, -0.1) is 0 Å². The normalized spacial score (nSPS) is 10.3. The van der Waals surface area contributed by atoms with Crippen molar-refractivity contribution in [2.75, 3.05) is 5.32 Å². The van der Waals surface area contributed by atoms with Crippen molar-refractivity contribution in [2.45, 2.75) is 0 Å². The van der Waals surface area contributed by atoms with Crippen molar-refractivity contribution < 1.29 is 4.79 Å². The molecule has 0 aliphatic rings. The average Bonchev–Trinajstić information content (AvgIpc) is 2.48. The van der Waals surface area contributed by atoms with E-state index in [4.69, 9.17) is 0 Å². The first-order valence-electron chi connectivity index (χ1n) is 5.75. The number of carbonyl (C=O) groups is 1. The maximum Gasteiger partial charge on any atom is 0.259 e. The number of para-hydroxylation sites is 1. The van der Waals surface area contributed by atoms with Crippen LogP contribution in [0.5, 0.6) is 0 Å². The van der Waals surface area contributed by atoms with E-state index in [0.29, 0.717) is 11.4 Å². The molecule has 0 bridgehead atoms. The summed E-state index contributed by atoms with van der Waals surface area (Å²) in [6.45, 7) is 0. The molecule has 0 spiro atoms. The van der Waals surface area contributed by atoms with E-state index in [1.165, 1.54) is 18.7 Å². The van der Waals surface area contributed by atoms with Gasteiger partial charge in [-0.1, -0.05) is 18.2 Å². The number of anilines is 1. The number of hydrogen-bond donors (Lipinski definition) is 1. The highest BCUT2D eigenvalue weighted by Crippen LogP contribution is 2.14. The van der Waals surface area contributed by atoms with Gasteiger partial charge in [0.25, 0.3) is 5.91 Å². The molecule has 0 atom stereocenters. The first-order chi connectivity index (χ1) is 9.33. The van der Waals surface area contributed by atoms with Gasteiger partial charge < -0.3 is 5.32 Å². The van der Waals surface area contributed by atoms with E-state index in [1.807, 2.05) is 30.3 Å². The minimum atomic E-state index is -0.275. The van der Waals surface area contributed by atoms with Crippen LogP contribution in [0.1, 0.15) is 10.4 Å². The maximum atomic E-state index is 11.9. The fourth-order valence-electron chi connectivity index (χ4n) is 1.74. The molecule has 1 amide bonds. The third-order valence-electron chi connectivity index (χ3n) is 2.66. The SMILES string of the molecule is O=C(Nc1ccc2ccccc2n1)c1cncnc1. The number of hydrogen-bond acceptors (Lipinski definition) is 4.